The van der Waals surface area contributed by atoms with Crippen molar-refractivity contribution in [3.8, 4) is 5.75 Å². The molecule has 0 bridgehead atoms. The summed E-state index contributed by atoms with van der Waals surface area (Å²) in [4.78, 5) is 26.2. The molecule has 1 aliphatic rings. The Balaban J connectivity index is 2.05. The van der Waals surface area contributed by atoms with Crippen LogP contribution in [0, 0.1) is 5.41 Å². The maximum Gasteiger partial charge on any atom is 0.249 e. The van der Waals surface area contributed by atoms with Gasteiger partial charge in [0.1, 0.15) is 11.8 Å². The van der Waals surface area contributed by atoms with E-state index in [4.69, 9.17) is 4.74 Å². The minimum atomic E-state index is -0.445. The lowest BCUT2D eigenvalue weighted by atomic mass is 9.92. The number of para-hydroxylation sites is 2. The highest BCUT2D eigenvalue weighted by atomic mass is 16.5. The predicted molar refractivity (Wildman–Crippen MR) is 86.0 cm³/mol. The highest BCUT2D eigenvalue weighted by molar-refractivity contribution is 6.02. The molecule has 1 heterocycles. The number of nitrogens with zero attached hydrogens (tertiary/aromatic N) is 1. The van der Waals surface area contributed by atoms with E-state index < -0.39 is 6.04 Å². The fraction of sp³-hybridized carbons (Fsp3) is 0.529. The first-order chi connectivity index (χ1) is 10.3. The Hall–Kier alpha value is -2.04. The topological polar surface area (TPSA) is 58.6 Å². The zero-order valence-electron chi connectivity index (χ0n) is 13.7. The molecule has 1 fully saturated rings. The van der Waals surface area contributed by atoms with Crippen LogP contribution in [0.4, 0.5) is 5.69 Å². The first-order valence-electron chi connectivity index (χ1n) is 7.55. The molecule has 1 aromatic carbocycles. The SMILES string of the molecule is COc1ccccc1N1CCC(NC(=O)CC(C)(C)C)C1=O. The van der Waals surface area contributed by atoms with Crippen molar-refractivity contribution in [2.45, 2.75) is 39.7 Å². The molecule has 1 unspecified atom stereocenters. The molecule has 22 heavy (non-hydrogen) atoms. The molecule has 0 spiro atoms. The van der Waals surface area contributed by atoms with Crippen molar-refractivity contribution in [3.63, 3.8) is 0 Å². The standard InChI is InChI=1S/C17H24N2O3/c1-17(2,3)11-15(20)18-12-9-10-19(16(12)21)13-7-5-6-8-14(13)22-4/h5-8,12H,9-11H2,1-4H3,(H,18,20). The molecule has 1 aliphatic heterocycles. The van der Waals surface area contributed by atoms with Crippen molar-refractivity contribution in [2.75, 3.05) is 18.6 Å². The van der Waals surface area contributed by atoms with Crippen molar-refractivity contribution < 1.29 is 14.3 Å². The summed E-state index contributed by atoms with van der Waals surface area (Å²) in [5.41, 5.74) is 0.663. The summed E-state index contributed by atoms with van der Waals surface area (Å²) in [6, 6.07) is 6.98. The molecule has 0 saturated carbocycles. The molecule has 2 amide bonds. The van der Waals surface area contributed by atoms with E-state index in [-0.39, 0.29) is 17.2 Å². The van der Waals surface area contributed by atoms with E-state index in [0.717, 1.165) is 5.69 Å². The fourth-order valence-electron chi connectivity index (χ4n) is 2.63. The van der Waals surface area contributed by atoms with Crippen molar-refractivity contribution >= 4 is 17.5 Å². The normalized spacial score (nSPS) is 18.5. The number of methoxy groups -OCH3 is 1. The van der Waals surface area contributed by atoms with Crippen molar-refractivity contribution in [1.82, 2.24) is 5.32 Å². The summed E-state index contributed by atoms with van der Waals surface area (Å²) < 4.78 is 5.31. The number of anilines is 1. The van der Waals surface area contributed by atoms with Gasteiger partial charge in [0.05, 0.1) is 12.8 Å². The molecule has 5 nitrogen and oxygen atoms in total. The van der Waals surface area contributed by atoms with Gasteiger partial charge in [0.2, 0.25) is 11.8 Å². The molecule has 2 rings (SSSR count). The Morgan fingerprint density at radius 2 is 2.05 bits per heavy atom. The van der Waals surface area contributed by atoms with E-state index in [1.807, 2.05) is 45.0 Å². The second kappa shape index (κ2) is 6.38. The van der Waals surface area contributed by atoms with Crippen LogP contribution in [0.15, 0.2) is 24.3 Å². The highest BCUT2D eigenvalue weighted by Crippen LogP contribution is 2.31. The third kappa shape index (κ3) is 3.78. The van der Waals surface area contributed by atoms with Gasteiger partial charge >= 0.3 is 0 Å². The van der Waals surface area contributed by atoms with E-state index in [1.165, 1.54) is 0 Å². The van der Waals surface area contributed by atoms with Gasteiger partial charge in [0, 0.05) is 13.0 Å². The molecule has 1 N–H and O–H groups in total. The summed E-state index contributed by atoms with van der Waals surface area (Å²) in [6.45, 7) is 6.60. The third-order valence-electron chi connectivity index (χ3n) is 3.61. The smallest absolute Gasteiger partial charge is 0.249 e. The Bertz CT molecular complexity index is 563. The number of benzene rings is 1. The van der Waals surface area contributed by atoms with E-state index in [2.05, 4.69) is 5.32 Å². The second-order valence-corrected chi connectivity index (χ2v) is 6.81. The third-order valence-corrected chi connectivity index (χ3v) is 3.61. The van der Waals surface area contributed by atoms with Gasteiger partial charge in [0.25, 0.3) is 0 Å². The van der Waals surface area contributed by atoms with Gasteiger partial charge in [-0.15, -0.1) is 0 Å². The second-order valence-electron chi connectivity index (χ2n) is 6.81. The number of nitrogens with one attached hydrogen (secondary N) is 1. The summed E-state index contributed by atoms with van der Waals surface area (Å²) in [7, 11) is 1.59. The van der Waals surface area contributed by atoms with Crippen LogP contribution < -0.4 is 15.0 Å². The summed E-state index contributed by atoms with van der Waals surface area (Å²) >= 11 is 0. The Morgan fingerprint density at radius 3 is 2.68 bits per heavy atom. The van der Waals surface area contributed by atoms with Crippen LogP contribution in [-0.2, 0) is 9.59 Å². The lowest BCUT2D eigenvalue weighted by molar-refractivity contribution is -0.127. The zero-order valence-corrected chi connectivity index (χ0v) is 13.7. The van der Waals surface area contributed by atoms with Gasteiger partial charge in [0.15, 0.2) is 0 Å². The monoisotopic (exact) mass is 304 g/mol. The minimum absolute atomic E-state index is 0.0762. The lowest BCUT2D eigenvalue weighted by Gasteiger charge is -2.21. The molecule has 1 atom stereocenters. The number of hydrogen-bond donors (Lipinski definition) is 1. The highest BCUT2D eigenvalue weighted by Gasteiger charge is 2.35. The Kier molecular flexibility index (Phi) is 4.74. The number of carbonyl (C=O) groups is 2. The van der Waals surface area contributed by atoms with E-state index >= 15 is 0 Å². The van der Waals surface area contributed by atoms with E-state index in [9.17, 15) is 9.59 Å². The van der Waals surface area contributed by atoms with E-state index in [1.54, 1.807) is 12.0 Å². The molecule has 1 aromatic rings. The summed E-state index contributed by atoms with van der Waals surface area (Å²) in [6.07, 6.45) is 1.03. The van der Waals surface area contributed by atoms with Crippen molar-refractivity contribution in [2.24, 2.45) is 5.41 Å². The van der Waals surface area contributed by atoms with Gasteiger partial charge in [-0.25, -0.2) is 0 Å². The lowest BCUT2D eigenvalue weighted by Crippen LogP contribution is -2.42. The zero-order chi connectivity index (χ0) is 16.3. The quantitative estimate of drug-likeness (QED) is 0.929. The van der Waals surface area contributed by atoms with Crippen LogP contribution in [0.3, 0.4) is 0 Å². The van der Waals surface area contributed by atoms with Gasteiger partial charge in [-0.1, -0.05) is 32.9 Å². The van der Waals surface area contributed by atoms with Crippen LogP contribution in [0.1, 0.15) is 33.6 Å². The van der Waals surface area contributed by atoms with Crippen molar-refractivity contribution in [1.29, 1.82) is 0 Å². The Morgan fingerprint density at radius 1 is 1.36 bits per heavy atom. The van der Waals surface area contributed by atoms with Crippen LogP contribution in [0.5, 0.6) is 5.75 Å². The van der Waals surface area contributed by atoms with Gasteiger partial charge in [-0.3, -0.25) is 9.59 Å². The van der Waals surface area contributed by atoms with Crippen LogP contribution in [0.2, 0.25) is 0 Å². The van der Waals surface area contributed by atoms with Gasteiger partial charge in [-0.05, 0) is 24.0 Å². The molecule has 0 aromatic heterocycles. The number of carbonyl (C=O) groups excluding carboxylic acids is 2. The maximum absolute atomic E-state index is 12.5. The summed E-state index contributed by atoms with van der Waals surface area (Å²) in [5.74, 6) is 0.511. The summed E-state index contributed by atoms with van der Waals surface area (Å²) in [5, 5.41) is 2.85. The predicted octanol–water partition coefficient (Wildman–Crippen LogP) is 2.35. The minimum Gasteiger partial charge on any atom is -0.495 e. The number of rotatable bonds is 4. The molecular weight excluding hydrogens is 280 g/mol. The fourth-order valence-corrected chi connectivity index (χ4v) is 2.63. The average Bonchev–Trinajstić information content (AvgIpc) is 2.78. The average molecular weight is 304 g/mol. The molecule has 0 aliphatic carbocycles. The van der Waals surface area contributed by atoms with Gasteiger partial charge < -0.3 is 15.0 Å². The molecular formula is C17H24N2O3. The molecule has 120 valence electrons. The largest absolute Gasteiger partial charge is 0.495 e. The van der Waals surface area contributed by atoms with Crippen LogP contribution >= 0.6 is 0 Å². The molecule has 5 heteroatoms. The van der Waals surface area contributed by atoms with E-state index in [0.29, 0.717) is 25.1 Å². The first kappa shape index (κ1) is 16.3. The first-order valence-corrected chi connectivity index (χ1v) is 7.55. The number of hydrogen-bond acceptors (Lipinski definition) is 3. The maximum atomic E-state index is 12.5. The number of ether oxygens (including phenoxy) is 1. The number of amides is 2. The Labute approximate surface area is 131 Å². The molecule has 0 radical (unpaired) electrons. The van der Waals surface area contributed by atoms with Crippen molar-refractivity contribution in [3.05, 3.63) is 24.3 Å². The molecule has 1 saturated heterocycles. The van der Waals surface area contributed by atoms with Crippen LogP contribution in [0.25, 0.3) is 0 Å². The van der Waals surface area contributed by atoms with Gasteiger partial charge in [-0.2, -0.15) is 0 Å². The van der Waals surface area contributed by atoms with Crippen LogP contribution in [-0.4, -0.2) is 31.5 Å².